The van der Waals surface area contributed by atoms with Crippen LogP contribution in [0.5, 0.6) is 5.75 Å². The van der Waals surface area contributed by atoms with Crippen LogP contribution in [0.3, 0.4) is 0 Å². The second-order valence-electron chi connectivity index (χ2n) is 9.72. The summed E-state index contributed by atoms with van der Waals surface area (Å²) in [7, 11) is 0. The number of Topliss-reactive ketones (excluding diaryl/α,β-unsaturated/α-hetero) is 1. The van der Waals surface area contributed by atoms with Crippen molar-refractivity contribution in [1.82, 2.24) is 5.32 Å². The van der Waals surface area contributed by atoms with Gasteiger partial charge in [-0.3, -0.25) is 9.59 Å². The summed E-state index contributed by atoms with van der Waals surface area (Å²) >= 11 is 7.36. The van der Waals surface area contributed by atoms with E-state index in [4.69, 9.17) is 16.3 Å². The minimum atomic E-state index is -0.502. The lowest BCUT2D eigenvalue weighted by molar-refractivity contribution is -0.116. The number of anilines is 1. The molecule has 3 aromatic carbocycles. The summed E-state index contributed by atoms with van der Waals surface area (Å²) in [5.74, 6) is 0.135. The molecule has 40 heavy (non-hydrogen) atoms. The number of hydrogen-bond donors (Lipinski definition) is 2. The number of halogens is 1. The Hall–Kier alpha value is -3.99. The summed E-state index contributed by atoms with van der Waals surface area (Å²) in [5, 5.41) is 17.6. The highest BCUT2D eigenvalue weighted by molar-refractivity contribution is 8.03. The minimum absolute atomic E-state index is 0.0501. The van der Waals surface area contributed by atoms with Gasteiger partial charge in [-0.2, -0.15) is 5.26 Å². The molecule has 3 aromatic rings. The molecule has 6 nitrogen and oxygen atoms in total. The molecule has 2 N–H and O–H groups in total. The average Bonchev–Trinajstić information content (AvgIpc) is 2.97. The lowest BCUT2D eigenvalue weighted by atomic mass is 9.77. The van der Waals surface area contributed by atoms with Crippen molar-refractivity contribution in [2.75, 3.05) is 11.1 Å². The number of carbonyl (C=O) groups is 2. The van der Waals surface area contributed by atoms with Gasteiger partial charge < -0.3 is 15.4 Å². The van der Waals surface area contributed by atoms with Gasteiger partial charge in [0.05, 0.1) is 28.3 Å². The number of nitrogens with one attached hydrogen (secondary N) is 2. The van der Waals surface area contributed by atoms with E-state index in [1.807, 2.05) is 67.6 Å². The number of hydrogen-bond acceptors (Lipinski definition) is 6. The van der Waals surface area contributed by atoms with E-state index in [1.165, 1.54) is 11.8 Å². The SMILES string of the molecule is Cc1ccc(Cl)cc1NC(=O)CSC1=C(C#N)C(c2ccc(OCc3ccccc3)cc2)C2=C(CCCC2=O)N1. The number of thioether (sulfide) groups is 1. The van der Waals surface area contributed by atoms with Crippen LogP contribution in [0.1, 0.15) is 41.9 Å². The first-order valence-electron chi connectivity index (χ1n) is 13.1. The second-order valence-corrected chi connectivity index (χ2v) is 11.1. The number of ether oxygens (including phenoxy) is 1. The topological polar surface area (TPSA) is 91.2 Å². The van der Waals surface area contributed by atoms with E-state index in [-0.39, 0.29) is 17.4 Å². The summed E-state index contributed by atoms with van der Waals surface area (Å²) in [6.07, 6.45) is 1.92. The van der Waals surface area contributed by atoms with E-state index in [0.29, 0.717) is 52.1 Å². The Kier molecular flexibility index (Phi) is 8.59. The third-order valence-electron chi connectivity index (χ3n) is 6.95. The molecule has 0 fully saturated rings. The molecule has 8 heteroatoms. The highest BCUT2D eigenvalue weighted by Gasteiger charge is 2.37. The fraction of sp³-hybridized carbons (Fsp3) is 0.219. The number of dihydropyridines is 1. The van der Waals surface area contributed by atoms with Crippen LogP contribution < -0.4 is 15.4 Å². The molecule has 1 atom stereocenters. The van der Waals surface area contributed by atoms with Crippen LogP contribution in [0.15, 0.2) is 94.7 Å². The summed E-state index contributed by atoms with van der Waals surface area (Å²) in [6.45, 7) is 2.34. The smallest absolute Gasteiger partial charge is 0.234 e. The van der Waals surface area contributed by atoms with Crippen molar-refractivity contribution in [2.45, 2.75) is 38.7 Å². The molecule has 0 spiro atoms. The zero-order chi connectivity index (χ0) is 28.1. The van der Waals surface area contributed by atoms with E-state index in [2.05, 4.69) is 16.7 Å². The Balaban J connectivity index is 1.37. The molecule has 0 bridgehead atoms. The highest BCUT2D eigenvalue weighted by Crippen LogP contribution is 2.44. The fourth-order valence-electron chi connectivity index (χ4n) is 4.92. The number of amides is 1. The molecule has 0 saturated heterocycles. The van der Waals surface area contributed by atoms with E-state index in [1.54, 1.807) is 12.1 Å². The maximum absolute atomic E-state index is 13.1. The van der Waals surface area contributed by atoms with Gasteiger partial charge in [-0.25, -0.2) is 0 Å². The number of nitriles is 1. The number of nitrogens with zero attached hydrogens (tertiary/aromatic N) is 1. The number of aryl methyl sites for hydroxylation is 1. The van der Waals surface area contributed by atoms with E-state index < -0.39 is 5.92 Å². The quantitative estimate of drug-likeness (QED) is 0.303. The Morgan fingerprint density at radius 2 is 1.90 bits per heavy atom. The summed E-state index contributed by atoms with van der Waals surface area (Å²) in [4.78, 5) is 25.9. The molecule has 0 radical (unpaired) electrons. The highest BCUT2D eigenvalue weighted by atomic mass is 35.5. The molecule has 0 saturated carbocycles. The van der Waals surface area contributed by atoms with Crippen LogP contribution in [0.4, 0.5) is 5.69 Å². The predicted octanol–water partition coefficient (Wildman–Crippen LogP) is 7.03. The molecular weight excluding hydrogens is 542 g/mol. The monoisotopic (exact) mass is 569 g/mol. The Morgan fingerprint density at radius 1 is 1.12 bits per heavy atom. The molecule has 1 aliphatic heterocycles. The van der Waals surface area contributed by atoms with Crippen molar-refractivity contribution < 1.29 is 14.3 Å². The maximum Gasteiger partial charge on any atom is 0.234 e. The Bertz CT molecular complexity index is 1540. The minimum Gasteiger partial charge on any atom is -0.489 e. The molecule has 1 amide bonds. The first-order valence-corrected chi connectivity index (χ1v) is 14.4. The summed E-state index contributed by atoms with van der Waals surface area (Å²) in [5.41, 5.74) is 5.37. The standard InChI is InChI=1S/C32H28ClN3O3S/c1-20-10-13-23(33)16-27(20)35-29(38)19-40-32-25(17-34)30(31-26(36-32)8-5-9-28(31)37)22-11-14-24(15-12-22)39-18-21-6-3-2-4-7-21/h2-4,6-7,10-16,30,36H,5,8-9,18-19H2,1H3,(H,35,38). The van der Waals surface area contributed by atoms with Crippen LogP contribution in [-0.4, -0.2) is 17.4 Å². The molecule has 0 aromatic heterocycles. The maximum atomic E-state index is 13.1. The van der Waals surface area contributed by atoms with Gasteiger partial charge in [-0.05, 0) is 60.7 Å². The fourth-order valence-corrected chi connectivity index (χ4v) is 5.96. The van der Waals surface area contributed by atoms with Crippen LogP contribution in [0.2, 0.25) is 5.02 Å². The number of rotatable bonds is 8. The number of benzene rings is 3. The van der Waals surface area contributed by atoms with Crippen LogP contribution in [0, 0.1) is 18.3 Å². The molecule has 1 unspecified atom stereocenters. The first kappa shape index (κ1) is 27.6. The van der Waals surface area contributed by atoms with Gasteiger partial charge in [0.15, 0.2) is 5.78 Å². The lowest BCUT2D eigenvalue weighted by Gasteiger charge is -2.33. The van der Waals surface area contributed by atoms with Crippen molar-refractivity contribution in [2.24, 2.45) is 0 Å². The van der Waals surface area contributed by atoms with Crippen molar-refractivity contribution in [3.05, 3.63) is 116 Å². The molecule has 5 rings (SSSR count). The summed E-state index contributed by atoms with van der Waals surface area (Å²) < 4.78 is 5.94. The molecule has 2 aliphatic rings. The van der Waals surface area contributed by atoms with Gasteiger partial charge in [-0.1, -0.05) is 71.9 Å². The number of carbonyl (C=O) groups excluding carboxylic acids is 2. The molecule has 1 aliphatic carbocycles. The van der Waals surface area contributed by atoms with E-state index >= 15 is 0 Å². The van der Waals surface area contributed by atoms with Crippen molar-refractivity contribution in [3.8, 4) is 11.8 Å². The first-order chi connectivity index (χ1) is 19.4. The third-order valence-corrected chi connectivity index (χ3v) is 8.20. The normalized spacial score (nSPS) is 16.6. The van der Waals surface area contributed by atoms with Crippen molar-refractivity contribution in [3.63, 3.8) is 0 Å². The lowest BCUT2D eigenvalue weighted by Crippen LogP contribution is -2.31. The average molecular weight is 570 g/mol. The van der Waals surface area contributed by atoms with Crippen LogP contribution in [0.25, 0.3) is 0 Å². The van der Waals surface area contributed by atoms with Gasteiger partial charge in [0.25, 0.3) is 0 Å². The van der Waals surface area contributed by atoms with Gasteiger partial charge in [-0.15, -0.1) is 0 Å². The van der Waals surface area contributed by atoms with Gasteiger partial charge in [0.1, 0.15) is 12.4 Å². The van der Waals surface area contributed by atoms with Gasteiger partial charge in [0, 0.05) is 28.4 Å². The van der Waals surface area contributed by atoms with Crippen LogP contribution >= 0.6 is 23.4 Å². The molecule has 202 valence electrons. The van der Waals surface area contributed by atoms with Crippen molar-refractivity contribution >= 4 is 40.7 Å². The second kappa shape index (κ2) is 12.5. The van der Waals surface area contributed by atoms with Crippen molar-refractivity contribution in [1.29, 1.82) is 5.26 Å². The Labute approximate surface area is 243 Å². The Morgan fingerprint density at radius 3 is 2.65 bits per heavy atom. The number of ketones is 1. The van der Waals surface area contributed by atoms with Crippen LogP contribution in [-0.2, 0) is 16.2 Å². The number of allylic oxidation sites excluding steroid dienone is 3. The predicted molar refractivity (Wildman–Crippen MR) is 159 cm³/mol. The molecule has 1 heterocycles. The zero-order valence-electron chi connectivity index (χ0n) is 22.0. The summed E-state index contributed by atoms with van der Waals surface area (Å²) in [6, 6.07) is 25.2. The van der Waals surface area contributed by atoms with E-state index in [9.17, 15) is 14.9 Å². The van der Waals surface area contributed by atoms with Gasteiger partial charge in [0.2, 0.25) is 5.91 Å². The third kappa shape index (κ3) is 6.25. The molecular formula is C32H28ClN3O3S. The van der Waals surface area contributed by atoms with E-state index in [0.717, 1.165) is 28.8 Å². The largest absolute Gasteiger partial charge is 0.489 e. The zero-order valence-corrected chi connectivity index (χ0v) is 23.6. The van der Waals surface area contributed by atoms with Gasteiger partial charge >= 0.3 is 0 Å².